The smallest absolute Gasteiger partial charge is 0.387 e. The van der Waals surface area contributed by atoms with Gasteiger partial charge in [0, 0.05) is 17.1 Å². The number of hydrogen-bond donors (Lipinski definition) is 1. The number of para-hydroxylation sites is 1. The van der Waals surface area contributed by atoms with Crippen molar-refractivity contribution in [2.24, 2.45) is 5.92 Å². The van der Waals surface area contributed by atoms with Gasteiger partial charge in [-0.2, -0.15) is 8.78 Å². The fourth-order valence-electron chi connectivity index (χ4n) is 2.70. The molecule has 29 heavy (non-hydrogen) atoms. The number of carboxylic acid groups (broad SMARTS) is 1. The number of benzene rings is 1. The number of nitrogens with zero attached hydrogens (tertiary/aromatic N) is 2. The number of halogens is 2. The largest absolute Gasteiger partial charge is 0.489 e. The summed E-state index contributed by atoms with van der Waals surface area (Å²) in [6.07, 6.45) is 5.49. The second-order valence-corrected chi connectivity index (χ2v) is 7.50. The number of ether oxygens (including phenoxy) is 2. The first-order valence-corrected chi connectivity index (χ1v) is 9.82. The normalized spacial score (nSPS) is 11.8. The molecule has 6 nitrogen and oxygen atoms in total. The minimum atomic E-state index is -2.99. The summed E-state index contributed by atoms with van der Waals surface area (Å²) in [5.41, 5.74) is 0.775. The van der Waals surface area contributed by atoms with Crippen LogP contribution in [0.2, 0.25) is 0 Å². The Balaban J connectivity index is 1.96. The highest BCUT2D eigenvalue weighted by Crippen LogP contribution is 2.34. The Labute approximate surface area is 170 Å². The highest BCUT2D eigenvalue weighted by atomic mass is 32.1. The third-order valence-electron chi connectivity index (χ3n) is 4.08. The summed E-state index contributed by atoms with van der Waals surface area (Å²) < 4.78 is 37.4. The van der Waals surface area contributed by atoms with Crippen molar-refractivity contribution in [3.05, 3.63) is 46.7 Å². The SMILES string of the molecule is CC(C)CCOc1c(C=Cc2nc3sccn3c2C(=O)O)cccc1OC(F)F. The second kappa shape index (κ2) is 9.04. The first-order chi connectivity index (χ1) is 13.9. The molecule has 0 saturated heterocycles. The van der Waals surface area contributed by atoms with Gasteiger partial charge in [-0.3, -0.25) is 4.40 Å². The molecule has 154 valence electrons. The Hall–Kier alpha value is -2.94. The van der Waals surface area contributed by atoms with Gasteiger partial charge in [-0.05, 0) is 30.6 Å². The lowest BCUT2D eigenvalue weighted by atomic mass is 10.1. The van der Waals surface area contributed by atoms with E-state index in [1.807, 2.05) is 13.8 Å². The number of fused-ring (bicyclic) bond motifs is 1. The number of rotatable bonds is 9. The summed E-state index contributed by atoms with van der Waals surface area (Å²) in [6, 6.07) is 4.65. The van der Waals surface area contributed by atoms with Crippen LogP contribution in [0.3, 0.4) is 0 Å². The molecule has 9 heteroatoms. The van der Waals surface area contributed by atoms with Crippen molar-refractivity contribution in [2.45, 2.75) is 26.9 Å². The molecule has 2 heterocycles. The van der Waals surface area contributed by atoms with Gasteiger partial charge < -0.3 is 14.6 Å². The van der Waals surface area contributed by atoms with Gasteiger partial charge in [-0.25, -0.2) is 9.78 Å². The Morgan fingerprint density at radius 2 is 2.14 bits per heavy atom. The van der Waals surface area contributed by atoms with E-state index in [4.69, 9.17) is 4.74 Å². The van der Waals surface area contributed by atoms with Gasteiger partial charge in [0.05, 0.1) is 12.3 Å². The lowest BCUT2D eigenvalue weighted by Gasteiger charge is -2.15. The maximum Gasteiger partial charge on any atom is 0.387 e. The molecule has 3 aromatic rings. The average Bonchev–Trinajstić information content (AvgIpc) is 3.21. The molecule has 0 aliphatic carbocycles. The van der Waals surface area contributed by atoms with E-state index in [-0.39, 0.29) is 22.9 Å². The van der Waals surface area contributed by atoms with Crippen molar-refractivity contribution in [1.82, 2.24) is 9.38 Å². The fourth-order valence-corrected chi connectivity index (χ4v) is 3.43. The zero-order valence-electron chi connectivity index (χ0n) is 15.8. The van der Waals surface area contributed by atoms with Crippen LogP contribution >= 0.6 is 11.3 Å². The summed E-state index contributed by atoms with van der Waals surface area (Å²) >= 11 is 1.31. The van der Waals surface area contributed by atoms with Crippen molar-refractivity contribution in [2.75, 3.05) is 6.61 Å². The predicted octanol–water partition coefficient (Wildman–Crippen LogP) is 5.29. The highest BCUT2D eigenvalue weighted by molar-refractivity contribution is 7.15. The minimum Gasteiger partial charge on any atom is -0.489 e. The van der Waals surface area contributed by atoms with Gasteiger partial charge in [-0.1, -0.05) is 26.0 Å². The number of aromatic carboxylic acids is 1. The van der Waals surface area contributed by atoms with Crippen LogP contribution < -0.4 is 9.47 Å². The zero-order chi connectivity index (χ0) is 21.0. The quantitative estimate of drug-likeness (QED) is 0.507. The molecule has 1 N–H and O–H groups in total. The van der Waals surface area contributed by atoms with E-state index >= 15 is 0 Å². The van der Waals surface area contributed by atoms with Crippen LogP contribution in [0, 0.1) is 5.92 Å². The van der Waals surface area contributed by atoms with E-state index in [1.54, 1.807) is 29.8 Å². The second-order valence-electron chi connectivity index (χ2n) is 6.62. The van der Waals surface area contributed by atoms with E-state index in [0.29, 0.717) is 23.0 Å². The van der Waals surface area contributed by atoms with Crippen LogP contribution in [-0.4, -0.2) is 33.7 Å². The molecule has 1 aromatic carbocycles. The summed E-state index contributed by atoms with van der Waals surface area (Å²) in [5.74, 6) is -0.620. The van der Waals surface area contributed by atoms with Gasteiger partial charge in [-0.15, -0.1) is 11.3 Å². The molecule has 0 spiro atoms. The average molecular weight is 422 g/mol. The molecule has 0 aliphatic heterocycles. The minimum absolute atomic E-state index is 0.0276. The highest BCUT2D eigenvalue weighted by Gasteiger charge is 2.18. The molecule has 0 bridgehead atoms. The van der Waals surface area contributed by atoms with Crippen LogP contribution in [0.5, 0.6) is 11.5 Å². The van der Waals surface area contributed by atoms with Crippen LogP contribution in [0.25, 0.3) is 17.1 Å². The summed E-state index contributed by atoms with van der Waals surface area (Å²) in [7, 11) is 0. The number of aromatic nitrogens is 2. The summed E-state index contributed by atoms with van der Waals surface area (Å²) in [4.78, 5) is 16.5. The van der Waals surface area contributed by atoms with Crippen LogP contribution in [0.4, 0.5) is 8.78 Å². The fraction of sp³-hybridized carbons (Fsp3) is 0.300. The number of carbonyl (C=O) groups is 1. The van der Waals surface area contributed by atoms with Gasteiger partial charge >= 0.3 is 12.6 Å². The van der Waals surface area contributed by atoms with Gasteiger partial charge in [0.1, 0.15) is 0 Å². The number of hydrogen-bond acceptors (Lipinski definition) is 5. The molecule has 0 fully saturated rings. The maximum absolute atomic E-state index is 12.8. The van der Waals surface area contributed by atoms with Gasteiger partial charge in [0.15, 0.2) is 22.2 Å². The molecule has 0 unspecified atom stereocenters. The lowest BCUT2D eigenvalue weighted by molar-refractivity contribution is -0.0515. The molecule has 2 aromatic heterocycles. The molecule has 0 atom stereocenters. The number of thiazole rings is 1. The van der Waals surface area contributed by atoms with Crippen molar-refractivity contribution < 1.29 is 28.2 Å². The monoisotopic (exact) mass is 422 g/mol. The topological polar surface area (TPSA) is 73.1 Å². The van der Waals surface area contributed by atoms with Crippen molar-refractivity contribution in [1.29, 1.82) is 0 Å². The number of carboxylic acids is 1. The number of alkyl halides is 2. The standard InChI is InChI=1S/C20H20F2N2O4S/c1-12(2)8-10-27-17-13(4-3-5-15(17)28-19(21)22)6-7-14-16(18(25)26)24-9-11-29-20(24)23-14/h3-7,9,11-12,19H,8,10H2,1-2H3,(H,25,26). The zero-order valence-corrected chi connectivity index (χ0v) is 16.7. The van der Waals surface area contributed by atoms with E-state index in [2.05, 4.69) is 9.72 Å². The Bertz CT molecular complexity index is 1030. The van der Waals surface area contributed by atoms with Crippen molar-refractivity contribution in [3.63, 3.8) is 0 Å². The third-order valence-corrected chi connectivity index (χ3v) is 4.84. The molecule has 0 saturated carbocycles. The van der Waals surface area contributed by atoms with E-state index in [0.717, 1.165) is 6.42 Å². The molecular weight excluding hydrogens is 402 g/mol. The first kappa shape index (κ1) is 20.8. The third kappa shape index (κ3) is 4.92. The molecule has 3 rings (SSSR count). The van der Waals surface area contributed by atoms with Crippen LogP contribution in [0.15, 0.2) is 29.8 Å². The van der Waals surface area contributed by atoms with E-state index < -0.39 is 12.6 Å². The molecule has 0 radical (unpaired) electrons. The molecule has 0 amide bonds. The van der Waals surface area contributed by atoms with E-state index in [1.165, 1.54) is 27.9 Å². The summed E-state index contributed by atoms with van der Waals surface area (Å²) in [5, 5.41) is 11.3. The van der Waals surface area contributed by atoms with Crippen LogP contribution in [-0.2, 0) is 0 Å². The predicted molar refractivity (Wildman–Crippen MR) is 107 cm³/mol. The molecule has 0 aliphatic rings. The summed E-state index contributed by atoms with van der Waals surface area (Å²) in [6.45, 7) is 1.41. The van der Waals surface area contributed by atoms with Crippen molar-refractivity contribution in [3.8, 4) is 11.5 Å². The van der Waals surface area contributed by atoms with Gasteiger partial charge in [0.2, 0.25) is 0 Å². The molecular formula is C20H20F2N2O4S. The maximum atomic E-state index is 12.8. The number of imidazole rings is 1. The Kier molecular flexibility index (Phi) is 6.48. The lowest BCUT2D eigenvalue weighted by Crippen LogP contribution is -2.07. The Morgan fingerprint density at radius 3 is 2.83 bits per heavy atom. The van der Waals surface area contributed by atoms with Crippen LogP contribution in [0.1, 0.15) is 42.0 Å². The van der Waals surface area contributed by atoms with E-state index in [9.17, 15) is 18.7 Å². The first-order valence-electron chi connectivity index (χ1n) is 8.94. The van der Waals surface area contributed by atoms with Crippen molar-refractivity contribution >= 4 is 34.4 Å². The van der Waals surface area contributed by atoms with Gasteiger partial charge in [0.25, 0.3) is 0 Å². The Morgan fingerprint density at radius 1 is 1.34 bits per heavy atom.